The van der Waals surface area contributed by atoms with E-state index in [9.17, 15) is 14.7 Å². The number of non-ortho nitro benzene ring substituents is 1. The van der Waals surface area contributed by atoms with Gasteiger partial charge in [0.15, 0.2) is 5.78 Å². The molecule has 7 nitrogen and oxygen atoms in total. The van der Waals surface area contributed by atoms with Crippen molar-refractivity contribution in [1.29, 1.82) is 0 Å². The van der Waals surface area contributed by atoms with Crippen LogP contribution in [0.2, 0.25) is 0 Å². The van der Waals surface area contributed by atoms with Gasteiger partial charge in [-0.05, 0) is 35.9 Å². The van der Waals surface area contributed by atoms with Gasteiger partial charge < -0.3 is 14.4 Å². The number of nitrogens with zero attached hydrogens (tertiary/aromatic N) is 1. The third-order valence-electron chi connectivity index (χ3n) is 4.74. The highest BCUT2D eigenvalue weighted by molar-refractivity contribution is 7.55. The first-order valence-electron chi connectivity index (χ1n) is 10.2. The Balaban J connectivity index is 1.79. The normalized spacial score (nSPS) is 11.9. The van der Waals surface area contributed by atoms with E-state index in [1.54, 1.807) is 72.8 Å². The van der Waals surface area contributed by atoms with Crippen molar-refractivity contribution in [2.24, 2.45) is 0 Å². The number of para-hydroxylation sites is 2. The van der Waals surface area contributed by atoms with Crippen LogP contribution in [0.15, 0.2) is 115 Å². The lowest BCUT2D eigenvalue weighted by atomic mass is 10.2. The maximum atomic E-state index is 14.4. The number of benzene rings is 4. The molecule has 0 aliphatic rings. The summed E-state index contributed by atoms with van der Waals surface area (Å²) < 4.78 is 26.5. The molecule has 0 heterocycles. The summed E-state index contributed by atoms with van der Waals surface area (Å²) in [6.07, 6.45) is 0. The van der Waals surface area contributed by atoms with Crippen LogP contribution < -0.4 is 14.4 Å². The van der Waals surface area contributed by atoms with E-state index in [1.807, 2.05) is 30.3 Å². The van der Waals surface area contributed by atoms with Crippen LogP contribution in [0.1, 0.15) is 11.3 Å². The first kappa shape index (κ1) is 22.1. The van der Waals surface area contributed by atoms with Gasteiger partial charge in [0.05, 0.1) is 4.92 Å². The van der Waals surface area contributed by atoms with E-state index in [0.29, 0.717) is 22.7 Å². The average molecular weight is 460 g/mol. The Bertz CT molecular complexity index is 1210. The molecule has 0 radical (unpaired) electrons. The number of nitro groups is 1. The molecule has 1 N–H and O–H groups in total. The molecule has 166 valence electrons. The van der Waals surface area contributed by atoms with Crippen molar-refractivity contribution in [3.8, 4) is 11.5 Å². The number of anilines is 1. The van der Waals surface area contributed by atoms with Crippen molar-refractivity contribution in [3.63, 3.8) is 0 Å². The van der Waals surface area contributed by atoms with Crippen LogP contribution in [0.4, 0.5) is 11.4 Å². The fraction of sp³-hybridized carbons (Fsp3) is 0.0400. The van der Waals surface area contributed by atoms with E-state index >= 15 is 0 Å². The second kappa shape index (κ2) is 10.0. The van der Waals surface area contributed by atoms with Crippen LogP contribution in [-0.2, 0) is 4.57 Å². The van der Waals surface area contributed by atoms with Crippen molar-refractivity contribution in [3.05, 3.63) is 131 Å². The Morgan fingerprint density at radius 3 is 1.76 bits per heavy atom. The molecule has 0 aromatic heterocycles. The van der Waals surface area contributed by atoms with Crippen LogP contribution in [0.5, 0.6) is 11.5 Å². The minimum Gasteiger partial charge on any atom is -0.414 e. The molecule has 0 aliphatic carbocycles. The van der Waals surface area contributed by atoms with E-state index in [1.165, 1.54) is 12.1 Å². The predicted molar refractivity (Wildman–Crippen MR) is 128 cm³/mol. The molecule has 0 saturated carbocycles. The fourth-order valence-corrected chi connectivity index (χ4v) is 5.15. The van der Waals surface area contributed by atoms with Crippen LogP contribution in [-0.4, -0.2) is 4.92 Å². The van der Waals surface area contributed by atoms with Gasteiger partial charge in [-0.2, -0.15) is 0 Å². The Kier molecular flexibility index (Phi) is 6.72. The van der Waals surface area contributed by atoms with Crippen LogP contribution >= 0.6 is 7.60 Å². The maximum absolute atomic E-state index is 14.4. The van der Waals surface area contributed by atoms with Crippen LogP contribution in [0.3, 0.4) is 0 Å². The molecule has 1 atom stereocenters. The minimum absolute atomic E-state index is 0.0883. The Morgan fingerprint density at radius 2 is 1.24 bits per heavy atom. The summed E-state index contributed by atoms with van der Waals surface area (Å²) in [6.45, 7) is 0. The molecule has 0 saturated heterocycles. The number of rotatable bonds is 9. The van der Waals surface area contributed by atoms with Gasteiger partial charge in [0.2, 0.25) is 0 Å². The van der Waals surface area contributed by atoms with Crippen molar-refractivity contribution in [2.75, 3.05) is 5.32 Å². The maximum Gasteiger partial charge on any atom is 0.457 e. The minimum atomic E-state index is -3.98. The summed E-state index contributed by atoms with van der Waals surface area (Å²) in [5, 5.41) is 14.4. The number of nitrogens with one attached hydrogen (secondary N) is 1. The zero-order valence-corrected chi connectivity index (χ0v) is 18.4. The fourth-order valence-electron chi connectivity index (χ4n) is 3.23. The summed E-state index contributed by atoms with van der Waals surface area (Å²) in [6, 6.07) is 32.6. The molecule has 4 aromatic rings. The second-order valence-corrected chi connectivity index (χ2v) is 9.07. The largest absolute Gasteiger partial charge is 0.457 e. The Morgan fingerprint density at radius 1 is 0.727 bits per heavy atom. The summed E-state index contributed by atoms with van der Waals surface area (Å²) in [5.41, 5.74) is 0.959. The molecule has 8 heteroatoms. The third-order valence-corrected chi connectivity index (χ3v) is 6.73. The first-order chi connectivity index (χ1) is 16.0. The summed E-state index contributed by atoms with van der Waals surface area (Å²) >= 11 is 0. The topological polar surface area (TPSA) is 90.7 Å². The lowest BCUT2D eigenvalue weighted by Crippen LogP contribution is -2.18. The van der Waals surface area contributed by atoms with Crippen molar-refractivity contribution >= 4 is 19.0 Å². The molecule has 0 unspecified atom stereocenters. The zero-order valence-electron chi connectivity index (χ0n) is 17.5. The monoisotopic (exact) mass is 460 g/mol. The van der Waals surface area contributed by atoms with Gasteiger partial charge in [-0.3, -0.25) is 10.1 Å². The van der Waals surface area contributed by atoms with E-state index < -0.39 is 18.3 Å². The van der Waals surface area contributed by atoms with E-state index in [-0.39, 0.29) is 5.69 Å². The summed E-state index contributed by atoms with van der Waals surface area (Å²) in [4.78, 5) is 10.8. The molecule has 4 rings (SSSR count). The van der Waals surface area contributed by atoms with Gasteiger partial charge in [-0.15, -0.1) is 0 Å². The summed E-state index contributed by atoms with van der Waals surface area (Å²) in [7, 11) is -3.98. The van der Waals surface area contributed by atoms with Gasteiger partial charge in [-0.1, -0.05) is 72.8 Å². The van der Waals surface area contributed by atoms with Crippen molar-refractivity contribution in [2.45, 2.75) is 5.78 Å². The van der Waals surface area contributed by atoms with Crippen molar-refractivity contribution < 1.29 is 18.5 Å². The van der Waals surface area contributed by atoms with Crippen LogP contribution in [0, 0.1) is 10.1 Å². The summed E-state index contributed by atoms with van der Waals surface area (Å²) in [5.74, 6) is -0.210. The Hall–Kier alpha value is -4.09. The molecule has 4 aromatic carbocycles. The zero-order chi connectivity index (χ0) is 23.1. The lowest BCUT2D eigenvalue weighted by molar-refractivity contribution is -0.384. The average Bonchev–Trinajstić information content (AvgIpc) is 2.84. The highest BCUT2D eigenvalue weighted by Gasteiger charge is 2.41. The number of nitro benzene ring substituents is 1. The number of hydrogen-bond donors (Lipinski definition) is 1. The van der Waals surface area contributed by atoms with E-state index in [2.05, 4.69) is 5.32 Å². The molecule has 33 heavy (non-hydrogen) atoms. The standard InChI is InChI=1S/C25H21N2O5P/c28-27(29)22-14-10-13-21(19-22)26-25(20-11-4-1-5-12-20)33(30,31-23-15-6-2-7-16-23)32-24-17-8-3-9-18-24/h1-19,25-26H/t25-/m1/s1. The van der Waals surface area contributed by atoms with Gasteiger partial charge in [0.25, 0.3) is 5.69 Å². The van der Waals surface area contributed by atoms with Gasteiger partial charge in [0.1, 0.15) is 11.5 Å². The quantitative estimate of drug-likeness (QED) is 0.163. The molecule has 0 spiro atoms. The third kappa shape index (κ3) is 5.59. The van der Waals surface area contributed by atoms with E-state index in [0.717, 1.165) is 0 Å². The first-order valence-corrected chi connectivity index (χ1v) is 11.8. The van der Waals surface area contributed by atoms with Gasteiger partial charge in [-0.25, -0.2) is 4.57 Å². The highest BCUT2D eigenvalue weighted by Crippen LogP contribution is 2.60. The molecular formula is C25H21N2O5P. The highest BCUT2D eigenvalue weighted by atomic mass is 31.2. The van der Waals surface area contributed by atoms with Gasteiger partial charge in [0, 0.05) is 17.8 Å². The lowest BCUT2D eigenvalue weighted by Gasteiger charge is -2.29. The predicted octanol–water partition coefficient (Wildman–Crippen LogP) is 7.06. The smallest absolute Gasteiger partial charge is 0.414 e. The Labute approximate surface area is 191 Å². The molecular weight excluding hydrogens is 439 g/mol. The molecule has 0 amide bonds. The SMILES string of the molecule is O=[N+]([O-])c1cccc(N[C@@H](c2ccccc2)P(=O)(Oc2ccccc2)Oc2ccccc2)c1. The van der Waals surface area contributed by atoms with Gasteiger partial charge >= 0.3 is 7.60 Å². The van der Waals surface area contributed by atoms with Crippen LogP contribution in [0.25, 0.3) is 0 Å². The second-order valence-electron chi connectivity index (χ2n) is 7.11. The molecule has 0 fully saturated rings. The molecule has 0 bridgehead atoms. The molecule has 0 aliphatic heterocycles. The number of hydrogen-bond acceptors (Lipinski definition) is 6. The van der Waals surface area contributed by atoms with Crippen molar-refractivity contribution in [1.82, 2.24) is 0 Å². The van der Waals surface area contributed by atoms with E-state index in [4.69, 9.17) is 9.05 Å².